The molecule has 1 heterocycles. The molecule has 0 aliphatic heterocycles. The molecule has 0 amide bonds. The summed E-state index contributed by atoms with van der Waals surface area (Å²) in [4.78, 5) is 4.17. The number of ether oxygens (including phenoxy) is 1. The Balaban J connectivity index is 2.15. The molecular weight excluding hydrogens is 219 g/mol. The number of hydrogen-bond acceptors (Lipinski definition) is 3. The summed E-state index contributed by atoms with van der Waals surface area (Å²) in [6.07, 6.45) is 1.67. The van der Waals surface area contributed by atoms with Gasteiger partial charge in [0.05, 0.1) is 5.69 Å². The predicted octanol–water partition coefficient (Wildman–Crippen LogP) is 2.73. The van der Waals surface area contributed by atoms with Gasteiger partial charge in [-0.2, -0.15) is 0 Å². The van der Waals surface area contributed by atoms with Crippen molar-refractivity contribution in [2.45, 2.75) is 6.54 Å². The molecule has 0 atom stereocenters. The molecule has 0 bridgehead atoms. The Hall–Kier alpha value is -1.94. The average Bonchev–Trinajstić information content (AvgIpc) is 2.30. The Morgan fingerprint density at radius 2 is 2.06 bits per heavy atom. The molecule has 2 aromatic rings. The summed E-state index contributed by atoms with van der Waals surface area (Å²) in [6, 6.07) is 9.61. The maximum atomic E-state index is 13.0. The molecule has 0 spiro atoms. The molecular formula is C13H13FN2O. The van der Waals surface area contributed by atoms with E-state index in [9.17, 15) is 4.39 Å². The highest BCUT2D eigenvalue weighted by molar-refractivity contribution is 5.31. The first-order valence-corrected chi connectivity index (χ1v) is 5.31. The molecule has 0 saturated carbocycles. The second-order valence-corrected chi connectivity index (χ2v) is 3.57. The zero-order valence-electron chi connectivity index (χ0n) is 9.48. The summed E-state index contributed by atoms with van der Waals surface area (Å²) in [7, 11) is 1.85. The largest absolute Gasteiger partial charge is 0.457 e. The Morgan fingerprint density at radius 1 is 1.24 bits per heavy atom. The van der Waals surface area contributed by atoms with E-state index in [2.05, 4.69) is 10.3 Å². The van der Waals surface area contributed by atoms with Gasteiger partial charge in [-0.05, 0) is 25.2 Å². The first kappa shape index (κ1) is 11.5. The van der Waals surface area contributed by atoms with Crippen molar-refractivity contribution in [2.24, 2.45) is 0 Å². The minimum atomic E-state index is -0.313. The third kappa shape index (κ3) is 3.26. The Bertz CT molecular complexity index is 502. The molecule has 0 aliphatic carbocycles. The molecule has 1 aromatic carbocycles. The number of pyridine rings is 1. The Labute approximate surface area is 99.3 Å². The standard InChI is InChI=1S/C13H13FN2O/c1-15-9-11-8-13(5-6-16-11)17-12-4-2-3-10(14)7-12/h2-8,15H,9H2,1H3. The second kappa shape index (κ2) is 5.41. The SMILES string of the molecule is CNCc1cc(Oc2cccc(F)c2)ccn1. The zero-order chi connectivity index (χ0) is 12.1. The molecule has 0 fully saturated rings. The van der Waals surface area contributed by atoms with Crippen molar-refractivity contribution >= 4 is 0 Å². The van der Waals surface area contributed by atoms with Gasteiger partial charge < -0.3 is 10.1 Å². The van der Waals surface area contributed by atoms with Crippen molar-refractivity contribution < 1.29 is 9.13 Å². The molecule has 0 radical (unpaired) electrons. The van der Waals surface area contributed by atoms with Gasteiger partial charge in [0, 0.05) is 24.9 Å². The maximum Gasteiger partial charge on any atom is 0.130 e. The second-order valence-electron chi connectivity index (χ2n) is 3.57. The summed E-state index contributed by atoms with van der Waals surface area (Å²) < 4.78 is 18.5. The number of nitrogens with zero attached hydrogens (tertiary/aromatic N) is 1. The highest BCUT2D eigenvalue weighted by Gasteiger charge is 2.00. The third-order valence-corrected chi connectivity index (χ3v) is 2.18. The molecule has 0 unspecified atom stereocenters. The highest BCUT2D eigenvalue weighted by atomic mass is 19.1. The lowest BCUT2D eigenvalue weighted by molar-refractivity contribution is 0.475. The van der Waals surface area contributed by atoms with Crippen LogP contribution in [0.1, 0.15) is 5.69 Å². The topological polar surface area (TPSA) is 34.1 Å². The molecule has 2 rings (SSSR count). The molecule has 17 heavy (non-hydrogen) atoms. The van der Waals surface area contributed by atoms with E-state index in [4.69, 9.17) is 4.74 Å². The van der Waals surface area contributed by atoms with E-state index < -0.39 is 0 Å². The van der Waals surface area contributed by atoms with Gasteiger partial charge in [-0.3, -0.25) is 4.98 Å². The predicted molar refractivity (Wildman–Crippen MR) is 63.5 cm³/mol. The lowest BCUT2D eigenvalue weighted by atomic mass is 10.3. The monoisotopic (exact) mass is 232 g/mol. The van der Waals surface area contributed by atoms with E-state index >= 15 is 0 Å². The van der Waals surface area contributed by atoms with Crippen molar-refractivity contribution in [2.75, 3.05) is 7.05 Å². The van der Waals surface area contributed by atoms with Gasteiger partial charge in [0.25, 0.3) is 0 Å². The van der Waals surface area contributed by atoms with Crippen LogP contribution < -0.4 is 10.1 Å². The summed E-state index contributed by atoms with van der Waals surface area (Å²) in [5, 5.41) is 3.01. The highest BCUT2D eigenvalue weighted by Crippen LogP contribution is 2.21. The summed E-state index contributed by atoms with van der Waals surface area (Å²) in [5.74, 6) is 0.814. The van der Waals surface area contributed by atoms with Gasteiger partial charge >= 0.3 is 0 Å². The van der Waals surface area contributed by atoms with Crippen molar-refractivity contribution in [1.82, 2.24) is 10.3 Å². The van der Waals surface area contributed by atoms with Crippen molar-refractivity contribution in [3.8, 4) is 11.5 Å². The van der Waals surface area contributed by atoms with Crippen LogP contribution in [0.25, 0.3) is 0 Å². The Morgan fingerprint density at radius 3 is 2.82 bits per heavy atom. The van der Waals surface area contributed by atoms with Gasteiger partial charge in [-0.25, -0.2) is 4.39 Å². The molecule has 88 valence electrons. The molecule has 0 aliphatic rings. The average molecular weight is 232 g/mol. The van der Waals surface area contributed by atoms with E-state index in [1.165, 1.54) is 12.1 Å². The van der Waals surface area contributed by atoms with E-state index in [1.807, 2.05) is 13.1 Å². The number of rotatable bonds is 4. The van der Waals surface area contributed by atoms with Crippen LogP contribution in [0.5, 0.6) is 11.5 Å². The van der Waals surface area contributed by atoms with Crippen LogP contribution in [0.15, 0.2) is 42.6 Å². The first-order valence-electron chi connectivity index (χ1n) is 5.31. The summed E-state index contributed by atoms with van der Waals surface area (Å²) in [5.41, 5.74) is 0.876. The van der Waals surface area contributed by atoms with Gasteiger partial charge in [-0.1, -0.05) is 6.07 Å². The van der Waals surface area contributed by atoms with Gasteiger partial charge in [-0.15, -0.1) is 0 Å². The quantitative estimate of drug-likeness (QED) is 0.880. The smallest absolute Gasteiger partial charge is 0.130 e. The van der Waals surface area contributed by atoms with E-state index in [-0.39, 0.29) is 5.82 Å². The molecule has 1 N–H and O–H groups in total. The lowest BCUT2D eigenvalue weighted by Crippen LogP contribution is -2.06. The zero-order valence-corrected chi connectivity index (χ0v) is 9.48. The van der Waals surface area contributed by atoms with Gasteiger partial charge in [0.15, 0.2) is 0 Å². The fourth-order valence-electron chi connectivity index (χ4n) is 1.46. The molecule has 1 aromatic heterocycles. The normalized spacial score (nSPS) is 10.2. The number of benzene rings is 1. The van der Waals surface area contributed by atoms with Crippen molar-refractivity contribution in [1.29, 1.82) is 0 Å². The number of aromatic nitrogens is 1. The van der Waals surface area contributed by atoms with E-state index in [0.717, 1.165) is 5.69 Å². The lowest BCUT2D eigenvalue weighted by Gasteiger charge is -2.06. The Kier molecular flexibility index (Phi) is 3.67. The fourth-order valence-corrected chi connectivity index (χ4v) is 1.46. The number of nitrogens with one attached hydrogen (secondary N) is 1. The van der Waals surface area contributed by atoms with Crippen LogP contribution in [0.4, 0.5) is 4.39 Å². The van der Waals surface area contributed by atoms with Crippen LogP contribution in [-0.4, -0.2) is 12.0 Å². The minimum Gasteiger partial charge on any atom is -0.457 e. The first-order chi connectivity index (χ1) is 8.28. The van der Waals surface area contributed by atoms with Crippen LogP contribution in [-0.2, 0) is 6.54 Å². The van der Waals surface area contributed by atoms with Gasteiger partial charge in [0.2, 0.25) is 0 Å². The van der Waals surface area contributed by atoms with Crippen LogP contribution in [0.2, 0.25) is 0 Å². The fraction of sp³-hybridized carbons (Fsp3) is 0.154. The third-order valence-electron chi connectivity index (χ3n) is 2.18. The van der Waals surface area contributed by atoms with Crippen molar-refractivity contribution in [3.63, 3.8) is 0 Å². The number of hydrogen-bond donors (Lipinski definition) is 1. The molecule has 0 saturated heterocycles. The van der Waals surface area contributed by atoms with E-state index in [1.54, 1.807) is 24.4 Å². The molecule has 3 nitrogen and oxygen atoms in total. The van der Waals surface area contributed by atoms with Crippen LogP contribution in [0, 0.1) is 5.82 Å². The van der Waals surface area contributed by atoms with E-state index in [0.29, 0.717) is 18.0 Å². The summed E-state index contributed by atoms with van der Waals surface area (Å²) in [6.45, 7) is 0.667. The van der Waals surface area contributed by atoms with Crippen LogP contribution in [0.3, 0.4) is 0 Å². The number of halogens is 1. The minimum absolute atomic E-state index is 0.313. The summed E-state index contributed by atoms with van der Waals surface area (Å²) >= 11 is 0. The molecule has 4 heteroatoms. The maximum absolute atomic E-state index is 13.0. The van der Waals surface area contributed by atoms with Gasteiger partial charge in [0.1, 0.15) is 17.3 Å². The van der Waals surface area contributed by atoms with Crippen molar-refractivity contribution in [3.05, 3.63) is 54.1 Å². The van der Waals surface area contributed by atoms with Crippen LogP contribution >= 0.6 is 0 Å².